The molecule has 4 rings (SSSR count). The van der Waals surface area contributed by atoms with Crippen LogP contribution in [0, 0.1) is 11.7 Å². The van der Waals surface area contributed by atoms with E-state index >= 15 is 0 Å². The predicted molar refractivity (Wildman–Crippen MR) is 134 cm³/mol. The van der Waals surface area contributed by atoms with Gasteiger partial charge in [-0.05, 0) is 82.2 Å². The summed E-state index contributed by atoms with van der Waals surface area (Å²) in [5.41, 5.74) is 1.74. The molecule has 2 N–H and O–H groups in total. The number of nitrogens with one attached hydrogen (secondary N) is 2. The summed E-state index contributed by atoms with van der Waals surface area (Å²) in [5.74, 6) is -2.49. The molecular formula is C23H14BrCl4FN2O2. The molecule has 3 aromatic carbocycles. The predicted octanol–water partition coefficient (Wildman–Crippen LogP) is 7.67. The third kappa shape index (κ3) is 5.31. The molecule has 0 unspecified atom stereocenters. The average molecular weight is 591 g/mol. The van der Waals surface area contributed by atoms with Crippen molar-refractivity contribution in [3.63, 3.8) is 0 Å². The van der Waals surface area contributed by atoms with E-state index in [4.69, 9.17) is 46.4 Å². The number of hydrogen-bond acceptors (Lipinski definition) is 2. The first-order valence-corrected chi connectivity index (χ1v) is 11.9. The van der Waals surface area contributed by atoms with Gasteiger partial charge in [0, 0.05) is 31.8 Å². The minimum Gasteiger partial charge on any atom is -0.326 e. The topological polar surface area (TPSA) is 58.2 Å². The molecule has 33 heavy (non-hydrogen) atoms. The third-order valence-corrected chi connectivity index (χ3v) is 7.23. The molecule has 0 aromatic heterocycles. The number of hydrogen-bond donors (Lipinski definition) is 2. The van der Waals surface area contributed by atoms with Crippen LogP contribution in [0.1, 0.15) is 21.8 Å². The second-order valence-electron chi connectivity index (χ2n) is 7.48. The Morgan fingerprint density at radius 2 is 1.48 bits per heavy atom. The summed E-state index contributed by atoms with van der Waals surface area (Å²) < 4.78 is 12.3. The quantitative estimate of drug-likeness (QED) is 0.300. The van der Waals surface area contributed by atoms with Gasteiger partial charge in [-0.3, -0.25) is 9.59 Å². The van der Waals surface area contributed by atoms with Gasteiger partial charge >= 0.3 is 0 Å². The molecular weight excluding hydrogens is 577 g/mol. The lowest BCUT2D eigenvalue weighted by atomic mass is 10.1. The molecule has 0 saturated heterocycles. The van der Waals surface area contributed by atoms with Crippen molar-refractivity contribution >= 4 is 85.5 Å². The van der Waals surface area contributed by atoms with Gasteiger partial charge in [-0.25, -0.2) is 4.39 Å². The Balaban J connectivity index is 1.50. The van der Waals surface area contributed by atoms with Crippen LogP contribution in [0.25, 0.3) is 0 Å². The largest absolute Gasteiger partial charge is 0.326 e. The Morgan fingerprint density at radius 1 is 0.879 bits per heavy atom. The SMILES string of the molecule is O=C(Nc1ccc(F)cc1)c1cc(NC(=O)[C@@H]2[C@@H](c3cc(Cl)cc(Cl)c3)C2(Cl)Cl)ccc1Br. The fourth-order valence-electron chi connectivity index (χ4n) is 3.55. The van der Waals surface area contributed by atoms with Crippen LogP contribution in [0.4, 0.5) is 15.8 Å². The summed E-state index contributed by atoms with van der Waals surface area (Å²) in [4.78, 5) is 25.6. The van der Waals surface area contributed by atoms with E-state index in [1.807, 2.05) is 0 Å². The fraction of sp³-hybridized carbons (Fsp3) is 0.130. The summed E-state index contributed by atoms with van der Waals surface area (Å²) in [6, 6.07) is 15.1. The van der Waals surface area contributed by atoms with Crippen molar-refractivity contribution in [1.29, 1.82) is 0 Å². The highest BCUT2D eigenvalue weighted by molar-refractivity contribution is 9.10. The Bertz CT molecular complexity index is 1230. The molecule has 3 aromatic rings. The highest BCUT2D eigenvalue weighted by atomic mass is 79.9. The van der Waals surface area contributed by atoms with Crippen molar-refractivity contribution in [3.8, 4) is 0 Å². The number of amides is 2. The number of anilines is 2. The highest BCUT2D eigenvalue weighted by Gasteiger charge is 2.67. The van der Waals surface area contributed by atoms with Gasteiger partial charge in [0.2, 0.25) is 5.91 Å². The zero-order valence-electron chi connectivity index (χ0n) is 16.5. The monoisotopic (exact) mass is 588 g/mol. The average Bonchev–Trinajstić information content (AvgIpc) is 3.32. The Kier molecular flexibility index (Phi) is 6.95. The minimum atomic E-state index is -1.32. The van der Waals surface area contributed by atoms with Crippen LogP contribution in [0.2, 0.25) is 10.0 Å². The lowest BCUT2D eigenvalue weighted by molar-refractivity contribution is -0.117. The maximum atomic E-state index is 13.1. The van der Waals surface area contributed by atoms with Crippen molar-refractivity contribution in [2.45, 2.75) is 10.3 Å². The number of rotatable bonds is 5. The summed E-state index contributed by atoms with van der Waals surface area (Å²) in [6.45, 7) is 0. The van der Waals surface area contributed by atoms with Gasteiger partial charge in [-0.1, -0.05) is 23.2 Å². The van der Waals surface area contributed by atoms with E-state index in [9.17, 15) is 14.0 Å². The second-order valence-corrected chi connectivity index (χ2v) is 10.6. The fourth-order valence-corrected chi connectivity index (χ4v) is 5.35. The molecule has 0 bridgehead atoms. The van der Waals surface area contributed by atoms with Gasteiger partial charge in [0.1, 0.15) is 10.2 Å². The van der Waals surface area contributed by atoms with E-state index < -0.39 is 33.8 Å². The number of halogens is 6. The molecule has 170 valence electrons. The van der Waals surface area contributed by atoms with Gasteiger partial charge in [0.05, 0.1) is 11.5 Å². The molecule has 2 amide bonds. The first-order valence-electron chi connectivity index (χ1n) is 9.57. The minimum absolute atomic E-state index is 0.272. The molecule has 0 spiro atoms. The first kappa shape index (κ1) is 24.3. The maximum Gasteiger partial charge on any atom is 0.256 e. The molecule has 1 fully saturated rings. The molecule has 0 heterocycles. The van der Waals surface area contributed by atoms with Crippen LogP contribution < -0.4 is 10.6 Å². The van der Waals surface area contributed by atoms with Crippen LogP contribution in [0.5, 0.6) is 0 Å². The molecule has 10 heteroatoms. The van der Waals surface area contributed by atoms with Gasteiger partial charge in [0.25, 0.3) is 5.91 Å². The van der Waals surface area contributed by atoms with Crippen molar-refractivity contribution in [1.82, 2.24) is 0 Å². The van der Waals surface area contributed by atoms with E-state index in [1.165, 1.54) is 30.3 Å². The smallest absolute Gasteiger partial charge is 0.256 e. The number of carbonyl (C=O) groups is 2. The summed E-state index contributed by atoms with van der Waals surface area (Å²) in [7, 11) is 0. The zero-order chi connectivity index (χ0) is 23.9. The summed E-state index contributed by atoms with van der Waals surface area (Å²) in [5, 5.41) is 6.27. The highest BCUT2D eigenvalue weighted by Crippen LogP contribution is 2.65. The number of alkyl halides is 2. The van der Waals surface area contributed by atoms with Gasteiger partial charge in [-0.15, -0.1) is 23.2 Å². The van der Waals surface area contributed by atoms with Gasteiger partial charge < -0.3 is 10.6 Å². The Hall–Kier alpha value is -1.83. The first-order chi connectivity index (χ1) is 15.6. The lowest BCUT2D eigenvalue weighted by Crippen LogP contribution is -2.18. The second kappa shape index (κ2) is 9.43. The van der Waals surface area contributed by atoms with Crippen molar-refractivity contribution in [2.24, 2.45) is 5.92 Å². The van der Waals surface area contributed by atoms with Crippen LogP contribution in [0.15, 0.2) is 65.1 Å². The van der Waals surface area contributed by atoms with Gasteiger partial charge in [0.15, 0.2) is 0 Å². The van der Waals surface area contributed by atoms with Crippen LogP contribution >= 0.6 is 62.3 Å². The third-order valence-electron chi connectivity index (χ3n) is 5.16. The van der Waals surface area contributed by atoms with Crippen molar-refractivity contribution in [2.75, 3.05) is 10.6 Å². The van der Waals surface area contributed by atoms with Crippen LogP contribution in [0.3, 0.4) is 0 Å². The number of carbonyl (C=O) groups excluding carboxylic acids is 2. The zero-order valence-corrected chi connectivity index (χ0v) is 21.1. The molecule has 1 aliphatic carbocycles. The van der Waals surface area contributed by atoms with Crippen LogP contribution in [-0.4, -0.2) is 16.1 Å². The summed E-state index contributed by atoms with van der Waals surface area (Å²) >= 11 is 28.3. The van der Waals surface area contributed by atoms with E-state index in [0.717, 1.165) is 0 Å². The van der Waals surface area contributed by atoms with E-state index in [0.29, 0.717) is 31.5 Å². The number of benzene rings is 3. The Morgan fingerprint density at radius 3 is 2.12 bits per heavy atom. The van der Waals surface area contributed by atoms with Crippen LogP contribution in [-0.2, 0) is 4.79 Å². The molecule has 1 saturated carbocycles. The molecule has 1 aliphatic rings. The van der Waals surface area contributed by atoms with E-state index in [1.54, 1.807) is 30.3 Å². The normalized spacial score (nSPS) is 18.5. The van der Waals surface area contributed by atoms with E-state index in [2.05, 4.69) is 26.6 Å². The molecule has 4 nitrogen and oxygen atoms in total. The van der Waals surface area contributed by atoms with Gasteiger partial charge in [-0.2, -0.15) is 0 Å². The summed E-state index contributed by atoms with van der Waals surface area (Å²) in [6.07, 6.45) is 0. The molecule has 0 aliphatic heterocycles. The van der Waals surface area contributed by atoms with E-state index in [-0.39, 0.29) is 5.56 Å². The van der Waals surface area contributed by atoms with Crippen molar-refractivity contribution < 1.29 is 14.0 Å². The standard InChI is InChI=1S/C23H14BrCl4FN2O2/c24-18-6-5-16(10-17(18)21(32)30-15-3-1-14(29)2-4-15)31-22(33)20-19(23(20,27)28)11-7-12(25)9-13(26)8-11/h1-10,19-20H,(H,30,32)(H,31,33)/t19-,20+/m1/s1. The molecule has 2 atom stereocenters. The van der Waals surface area contributed by atoms with Crippen molar-refractivity contribution in [3.05, 3.63) is 92.1 Å². The Labute approximate surface area is 217 Å². The molecule has 0 radical (unpaired) electrons. The maximum absolute atomic E-state index is 13.1. The lowest BCUT2D eigenvalue weighted by Gasteiger charge is -2.10.